The number of hydrogen-bond donors (Lipinski definition) is 0. The summed E-state index contributed by atoms with van der Waals surface area (Å²) < 4.78 is 7.48. The molecule has 3 heterocycles. The Hall–Kier alpha value is -8.96. The first kappa shape index (κ1) is 40.1. The van der Waals surface area contributed by atoms with Gasteiger partial charge in [-0.2, -0.15) is 0 Å². The summed E-state index contributed by atoms with van der Waals surface area (Å²) in [7, 11) is -2.86. The molecule has 0 aliphatic carbocycles. The van der Waals surface area contributed by atoms with Crippen molar-refractivity contribution in [3.8, 4) is 28.2 Å². The summed E-state index contributed by atoms with van der Waals surface area (Å²) in [5.74, 6) is 0. The SMILES string of the molecule is c1ccc([Si](c2ccccc2)(c2ccccc2)c2ccc3c4ccccc4n(-c4ccccc4-c4ccc(-n5c6ccccc6c6ccccc65)cc4-n4c5ccccc5c5ccccc54)c3c2)cc1. The van der Waals surface area contributed by atoms with E-state index in [0.29, 0.717) is 0 Å². The molecule has 0 saturated carbocycles. The van der Waals surface area contributed by atoms with Crippen LogP contribution in [-0.2, 0) is 0 Å². The Kier molecular flexibility index (Phi) is 9.23. The predicted octanol–water partition coefficient (Wildman–Crippen LogP) is 14.0. The maximum Gasteiger partial charge on any atom is 0.179 e. The molecular formula is C66H45N3Si. The highest BCUT2D eigenvalue weighted by Crippen LogP contribution is 2.42. The number of fused-ring (bicyclic) bond motifs is 9. The van der Waals surface area contributed by atoms with E-state index in [9.17, 15) is 0 Å². The lowest BCUT2D eigenvalue weighted by Gasteiger charge is -2.34. The molecule has 0 radical (unpaired) electrons. The zero-order valence-corrected chi connectivity index (χ0v) is 39.3. The molecule has 0 unspecified atom stereocenters. The highest BCUT2D eigenvalue weighted by atomic mass is 28.3. The van der Waals surface area contributed by atoms with Crippen molar-refractivity contribution in [3.63, 3.8) is 0 Å². The van der Waals surface area contributed by atoms with Crippen LogP contribution in [0.25, 0.3) is 93.6 Å². The summed E-state index contributed by atoms with van der Waals surface area (Å²) in [6, 6.07) is 102. The van der Waals surface area contributed by atoms with E-state index in [2.05, 4.69) is 287 Å². The molecule has 0 fully saturated rings. The van der Waals surface area contributed by atoms with Crippen molar-refractivity contribution in [2.75, 3.05) is 0 Å². The van der Waals surface area contributed by atoms with Gasteiger partial charge in [0.15, 0.2) is 8.07 Å². The van der Waals surface area contributed by atoms with Crippen LogP contribution in [0.5, 0.6) is 0 Å². The first-order valence-corrected chi connectivity index (χ1v) is 26.2. The number of rotatable bonds is 8. The van der Waals surface area contributed by atoms with Crippen LogP contribution in [0.1, 0.15) is 0 Å². The molecule has 70 heavy (non-hydrogen) atoms. The van der Waals surface area contributed by atoms with E-state index in [0.717, 1.165) is 28.2 Å². The molecule has 0 amide bonds. The van der Waals surface area contributed by atoms with Crippen LogP contribution in [0.4, 0.5) is 0 Å². The summed E-state index contributed by atoms with van der Waals surface area (Å²) in [6.45, 7) is 0. The van der Waals surface area contributed by atoms with Crippen LogP contribution in [0, 0.1) is 0 Å². The molecule has 14 rings (SSSR count). The second-order valence-electron chi connectivity index (χ2n) is 18.4. The molecule has 14 aromatic rings. The normalized spacial score (nSPS) is 12.0. The highest BCUT2D eigenvalue weighted by molar-refractivity contribution is 7.20. The van der Waals surface area contributed by atoms with E-state index >= 15 is 0 Å². The fourth-order valence-electron chi connectivity index (χ4n) is 11.9. The Morgan fingerprint density at radius 1 is 0.214 bits per heavy atom. The van der Waals surface area contributed by atoms with Crippen LogP contribution in [0.3, 0.4) is 0 Å². The average Bonchev–Trinajstić information content (AvgIpc) is 4.08. The molecule has 0 N–H and O–H groups in total. The van der Waals surface area contributed by atoms with Gasteiger partial charge in [-0.15, -0.1) is 0 Å². The second kappa shape index (κ2) is 16.1. The molecule has 3 nitrogen and oxygen atoms in total. The molecule has 3 aromatic heterocycles. The summed E-state index contributed by atoms with van der Waals surface area (Å²) in [4.78, 5) is 0. The number of aromatic nitrogens is 3. The second-order valence-corrected chi connectivity index (χ2v) is 22.2. The third-order valence-electron chi connectivity index (χ3n) is 14.8. The third kappa shape index (κ3) is 5.94. The van der Waals surface area contributed by atoms with E-state index in [1.807, 2.05) is 0 Å². The number of para-hydroxylation sites is 6. The summed E-state index contributed by atoms with van der Waals surface area (Å²) in [6.07, 6.45) is 0. The van der Waals surface area contributed by atoms with Gasteiger partial charge in [0.25, 0.3) is 0 Å². The van der Waals surface area contributed by atoms with Gasteiger partial charge in [-0.3, -0.25) is 0 Å². The predicted molar refractivity (Wildman–Crippen MR) is 299 cm³/mol. The number of nitrogens with zero attached hydrogens (tertiary/aromatic N) is 3. The van der Waals surface area contributed by atoms with E-state index in [4.69, 9.17) is 0 Å². The van der Waals surface area contributed by atoms with Crippen molar-refractivity contribution in [1.29, 1.82) is 0 Å². The van der Waals surface area contributed by atoms with Crippen LogP contribution in [-0.4, -0.2) is 21.8 Å². The fraction of sp³-hybridized carbons (Fsp3) is 0. The molecular weight excluding hydrogens is 863 g/mol. The molecule has 0 aliphatic heterocycles. The summed E-state index contributed by atoms with van der Waals surface area (Å²) >= 11 is 0. The highest BCUT2D eigenvalue weighted by Gasteiger charge is 2.41. The standard InChI is InChI=1S/C66H45N3Si/c1-4-22-47(23-5-1)70(48-24-6-2-7-25-48,49-26-8-3-9-27-49)50-41-43-58-56-33-15-21-39-64(56)69(66(58)45-50)63-38-20-14-32-55(63)57-42-40-46(67-59-34-16-10-28-51(59)52-29-11-17-35-60(52)67)44-65(57)68-61-36-18-12-30-53(61)54-31-13-19-37-62(54)68/h1-45H. The van der Waals surface area contributed by atoms with E-state index in [-0.39, 0.29) is 0 Å². The van der Waals surface area contributed by atoms with Crippen LogP contribution < -0.4 is 20.7 Å². The Labute approximate surface area is 407 Å². The lowest BCUT2D eigenvalue weighted by atomic mass is 10.00. The van der Waals surface area contributed by atoms with Gasteiger partial charge in [-0.25, -0.2) is 0 Å². The van der Waals surface area contributed by atoms with Crippen LogP contribution in [0.15, 0.2) is 273 Å². The maximum absolute atomic E-state index is 2.86. The molecule has 0 atom stereocenters. The lowest BCUT2D eigenvalue weighted by Crippen LogP contribution is -2.74. The van der Waals surface area contributed by atoms with Crippen LogP contribution in [0.2, 0.25) is 0 Å². The molecule has 0 bridgehead atoms. The number of benzene rings is 11. The van der Waals surface area contributed by atoms with E-state index in [1.54, 1.807) is 0 Å². The van der Waals surface area contributed by atoms with Gasteiger partial charge in [-0.05, 0) is 75.3 Å². The van der Waals surface area contributed by atoms with Gasteiger partial charge in [0.2, 0.25) is 0 Å². The smallest absolute Gasteiger partial charge is 0.179 e. The van der Waals surface area contributed by atoms with Gasteiger partial charge in [0.05, 0.1) is 44.5 Å². The van der Waals surface area contributed by atoms with Gasteiger partial charge >= 0.3 is 0 Å². The minimum absolute atomic E-state index is 1.11. The van der Waals surface area contributed by atoms with Gasteiger partial charge in [0, 0.05) is 49.1 Å². The van der Waals surface area contributed by atoms with Crippen molar-refractivity contribution in [3.05, 3.63) is 273 Å². The van der Waals surface area contributed by atoms with Crippen molar-refractivity contribution in [1.82, 2.24) is 13.7 Å². The monoisotopic (exact) mass is 907 g/mol. The molecule has 0 saturated heterocycles. The molecule has 4 heteroatoms. The Balaban J connectivity index is 1.08. The molecule has 328 valence electrons. The zero-order valence-electron chi connectivity index (χ0n) is 38.3. The Morgan fingerprint density at radius 3 is 1.04 bits per heavy atom. The van der Waals surface area contributed by atoms with Gasteiger partial charge < -0.3 is 13.7 Å². The van der Waals surface area contributed by atoms with Crippen molar-refractivity contribution >= 4 is 94.2 Å². The quantitative estimate of drug-likeness (QED) is 0.107. The molecule has 11 aromatic carbocycles. The molecule has 0 aliphatic rings. The minimum atomic E-state index is -2.86. The fourth-order valence-corrected chi connectivity index (χ4v) is 16.6. The topological polar surface area (TPSA) is 14.8 Å². The van der Waals surface area contributed by atoms with Gasteiger partial charge in [0.1, 0.15) is 0 Å². The maximum atomic E-state index is 2.54. The van der Waals surface area contributed by atoms with Crippen LogP contribution >= 0.6 is 0 Å². The Morgan fingerprint density at radius 2 is 0.571 bits per heavy atom. The van der Waals surface area contributed by atoms with E-state index in [1.165, 1.54) is 86.2 Å². The molecule has 0 spiro atoms. The average molecular weight is 908 g/mol. The van der Waals surface area contributed by atoms with Crippen molar-refractivity contribution in [2.24, 2.45) is 0 Å². The summed E-state index contributed by atoms with van der Waals surface area (Å²) in [5.41, 5.74) is 12.7. The van der Waals surface area contributed by atoms with Crippen molar-refractivity contribution < 1.29 is 0 Å². The van der Waals surface area contributed by atoms with E-state index < -0.39 is 8.07 Å². The Bertz CT molecular complexity index is 4090. The largest absolute Gasteiger partial charge is 0.309 e. The summed E-state index contributed by atoms with van der Waals surface area (Å²) in [5, 5.41) is 12.8. The first-order chi connectivity index (χ1) is 34.8. The first-order valence-electron chi connectivity index (χ1n) is 24.2. The lowest BCUT2D eigenvalue weighted by molar-refractivity contribution is 1.13. The number of hydrogen-bond acceptors (Lipinski definition) is 0. The minimum Gasteiger partial charge on any atom is -0.309 e. The van der Waals surface area contributed by atoms with Crippen molar-refractivity contribution in [2.45, 2.75) is 0 Å². The zero-order chi connectivity index (χ0) is 46.2. The van der Waals surface area contributed by atoms with Gasteiger partial charge in [-0.1, -0.05) is 218 Å². The third-order valence-corrected chi connectivity index (χ3v) is 19.6.